The standard InChI is InChI=1S/C21H45NO2.ClH/c1-2-3-4-5-6-7-8-9-10-11-12-13-14-15-16-17-20(22)18-19-21(23)24;/h20-21,23-24H,2-19,22H2,1H3;1H. The zero-order valence-electron chi connectivity index (χ0n) is 16.8. The van der Waals surface area contributed by atoms with Crippen molar-refractivity contribution in [2.24, 2.45) is 5.73 Å². The van der Waals surface area contributed by atoms with Crippen molar-refractivity contribution >= 4 is 12.4 Å². The monoisotopic (exact) mass is 379 g/mol. The van der Waals surface area contributed by atoms with Crippen LogP contribution < -0.4 is 5.73 Å². The molecule has 4 heteroatoms. The van der Waals surface area contributed by atoms with Crippen LogP contribution in [0.2, 0.25) is 0 Å². The van der Waals surface area contributed by atoms with Gasteiger partial charge in [-0.15, -0.1) is 12.4 Å². The van der Waals surface area contributed by atoms with Gasteiger partial charge in [0.25, 0.3) is 0 Å². The molecule has 0 saturated heterocycles. The second-order valence-electron chi connectivity index (χ2n) is 7.56. The Kier molecular flexibility index (Phi) is 24.3. The van der Waals surface area contributed by atoms with Gasteiger partial charge < -0.3 is 15.9 Å². The van der Waals surface area contributed by atoms with E-state index in [0.29, 0.717) is 6.42 Å². The first-order valence-electron chi connectivity index (χ1n) is 10.8. The maximum atomic E-state index is 8.81. The first kappa shape index (κ1) is 27.4. The van der Waals surface area contributed by atoms with Crippen LogP contribution in [-0.2, 0) is 0 Å². The lowest BCUT2D eigenvalue weighted by molar-refractivity contribution is -0.0474. The smallest absolute Gasteiger partial charge is 0.151 e. The maximum absolute atomic E-state index is 8.81. The van der Waals surface area contributed by atoms with E-state index in [0.717, 1.165) is 12.8 Å². The Bertz CT molecular complexity index is 240. The molecule has 0 aromatic rings. The van der Waals surface area contributed by atoms with Crippen LogP contribution in [0.5, 0.6) is 0 Å². The molecule has 4 N–H and O–H groups in total. The van der Waals surface area contributed by atoms with Gasteiger partial charge in [-0.3, -0.25) is 0 Å². The number of nitrogens with two attached hydrogens (primary N) is 1. The third kappa shape index (κ3) is 24.2. The third-order valence-corrected chi connectivity index (χ3v) is 4.97. The van der Waals surface area contributed by atoms with Crippen molar-refractivity contribution in [2.45, 2.75) is 135 Å². The van der Waals surface area contributed by atoms with E-state index in [1.54, 1.807) is 0 Å². The Morgan fingerprint density at radius 2 is 0.920 bits per heavy atom. The Morgan fingerprint density at radius 3 is 1.28 bits per heavy atom. The fourth-order valence-corrected chi connectivity index (χ4v) is 3.29. The Balaban J connectivity index is 0. The summed E-state index contributed by atoms with van der Waals surface area (Å²) in [6.07, 6.45) is 21.7. The molecule has 25 heavy (non-hydrogen) atoms. The van der Waals surface area contributed by atoms with Gasteiger partial charge in [-0.2, -0.15) is 0 Å². The number of aliphatic hydroxyl groups is 2. The maximum Gasteiger partial charge on any atom is 0.151 e. The van der Waals surface area contributed by atoms with Crippen LogP contribution in [-0.4, -0.2) is 22.5 Å². The van der Waals surface area contributed by atoms with Crippen molar-refractivity contribution in [1.29, 1.82) is 0 Å². The molecule has 0 saturated carbocycles. The van der Waals surface area contributed by atoms with Crippen LogP contribution in [0.4, 0.5) is 0 Å². The molecule has 0 aliphatic heterocycles. The summed E-state index contributed by atoms with van der Waals surface area (Å²) >= 11 is 0. The molecule has 0 aromatic heterocycles. The minimum atomic E-state index is -1.20. The number of halogens is 1. The average molecular weight is 380 g/mol. The molecule has 0 fully saturated rings. The van der Waals surface area contributed by atoms with E-state index in [2.05, 4.69) is 6.92 Å². The lowest BCUT2D eigenvalue weighted by Gasteiger charge is -2.11. The summed E-state index contributed by atoms with van der Waals surface area (Å²) in [4.78, 5) is 0. The number of aliphatic hydroxyl groups excluding tert-OH is 1. The minimum Gasteiger partial charge on any atom is -0.368 e. The van der Waals surface area contributed by atoms with Gasteiger partial charge >= 0.3 is 0 Å². The lowest BCUT2D eigenvalue weighted by atomic mass is 10.0. The number of rotatable bonds is 19. The van der Waals surface area contributed by atoms with Gasteiger partial charge in [0.1, 0.15) is 0 Å². The summed E-state index contributed by atoms with van der Waals surface area (Å²) < 4.78 is 0. The summed E-state index contributed by atoms with van der Waals surface area (Å²) in [6, 6.07) is 0.133. The van der Waals surface area contributed by atoms with Crippen LogP contribution in [0, 0.1) is 0 Å². The quantitative estimate of drug-likeness (QED) is 0.188. The Labute approximate surface area is 163 Å². The summed E-state index contributed by atoms with van der Waals surface area (Å²) in [7, 11) is 0. The second-order valence-corrected chi connectivity index (χ2v) is 7.56. The Hall–Kier alpha value is 0.170. The van der Waals surface area contributed by atoms with E-state index in [9.17, 15) is 0 Å². The molecule has 3 nitrogen and oxygen atoms in total. The van der Waals surface area contributed by atoms with Gasteiger partial charge in [0.05, 0.1) is 0 Å². The van der Waals surface area contributed by atoms with E-state index >= 15 is 0 Å². The van der Waals surface area contributed by atoms with Crippen LogP contribution in [0.15, 0.2) is 0 Å². The van der Waals surface area contributed by atoms with Gasteiger partial charge in [0, 0.05) is 6.04 Å². The number of hydrogen-bond donors (Lipinski definition) is 3. The molecule has 0 heterocycles. The molecule has 0 radical (unpaired) electrons. The van der Waals surface area contributed by atoms with E-state index in [4.69, 9.17) is 15.9 Å². The fraction of sp³-hybridized carbons (Fsp3) is 1.00. The van der Waals surface area contributed by atoms with Gasteiger partial charge in [0.2, 0.25) is 0 Å². The van der Waals surface area contributed by atoms with Crippen molar-refractivity contribution in [1.82, 2.24) is 0 Å². The third-order valence-electron chi connectivity index (χ3n) is 4.97. The van der Waals surface area contributed by atoms with Crippen LogP contribution in [0.25, 0.3) is 0 Å². The van der Waals surface area contributed by atoms with Crippen LogP contribution >= 0.6 is 12.4 Å². The van der Waals surface area contributed by atoms with Crippen molar-refractivity contribution in [3.05, 3.63) is 0 Å². The number of unbranched alkanes of at least 4 members (excludes halogenated alkanes) is 14. The van der Waals surface area contributed by atoms with Crippen molar-refractivity contribution in [3.8, 4) is 0 Å². The first-order chi connectivity index (χ1) is 11.7. The van der Waals surface area contributed by atoms with Crippen molar-refractivity contribution < 1.29 is 10.2 Å². The van der Waals surface area contributed by atoms with E-state index in [1.807, 2.05) is 0 Å². The molecule has 0 rings (SSSR count). The molecule has 0 aliphatic carbocycles. The summed E-state index contributed by atoms with van der Waals surface area (Å²) in [5, 5.41) is 17.6. The van der Waals surface area contributed by atoms with E-state index in [1.165, 1.54) is 96.3 Å². The predicted molar refractivity (Wildman–Crippen MR) is 112 cm³/mol. The molecule has 1 atom stereocenters. The molecule has 154 valence electrons. The largest absolute Gasteiger partial charge is 0.368 e. The predicted octanol–water partition coefficient (Wildman–Crippen LogP) is 6.09. The topological polar surface area (TPSA) is 66.5 Å². The molecule has 0 amide bonds. The highest BCUT2D eigenvalue weighted by atomic mass is 35.5. The highest BCUT2D eigenvalue weighted by Gasteiger charge is 2.05. The Morgan fingerprint density at radius 1 is 0.560 bits per heavy atom. The fourth-order valence-electron chi connectivity index (χ4n) is 3.29. The molecular formula is C21H46ClNO2. The zero-order chi connectivity index (χ0) is 17.9. The highest BCUT2D eigenvalue weighted by molar-refractivity contribution is 5.85. The summed E-state index contributed by atoms with van der Waals surface area (Å²) in [6.45, 7) is 2.28. The number of hydrogen-bond acceptors (Lipinski definition) is 3. The van der Waals surface area contributed by atoms with Crippen molar-refractivity contribution in [3.63, 3.8) is 0 Å². The molecule has 0 bridgehead atoms. The molecular weight excluding hydrogens is 334 g/mol. The van der Waals surface area contributed by atoms with Crippen LogP contribution in [0.3, 0.4) is 0 Å². The zero-order valence-corrected chi connectivity index (χ0v) is 17.6. The van der Waals surface area contributed by atoms with Gasteiger partial charge in [0.15, 0.2) is 6.29 Å². The normalized spacial score (nSPS) is 12.4. The van der Waals surface area contributed by atoms with E-state index < -0.39 is 6.29 Å². The first-order valence-corrected chi connectivity index (χ1v) is 10.8. The minimum absolute atomic E-state index is 0. The summed E-state index contributed by atoms with van der Waals surface area (Å²) in [5.74, 6) is 0. The van der Waals surface area contributed by atoms with E-state index in [-0.39, 0.29) is 18.4 Å². The summed E-state index contributed by atoms with van der Waals surface area (Å²) in [5.41, 5.74) is 5.95. The molecule has 0 aromatic carbocycles. The van der Waals surface area contributed by atoms with Gasteiger partial charge in [-0.1, -0.05) is 103 Å². The SMILES string of the molecule is CCCCCCCCCCCCCCCCCC(N)CCC(O)O.Cl. The van der Waals surface area contributed by atoms with Gasteiger partial charge in [-0.05, 0) is 19.3 Å². The lowest BCUT2D eigenvalue weighted by Crippen LogP contribution is -2.21. The van der Waals surface area contributed by atoms with Crippen LogP contribution in [0.1, 0.15) is 122 Å². The second kappa shape index (κ2) is 22.2. The highest BCUT2D eigenvalue weighted by Crippen LogP contribution is 2.14. The van der Waals surface area contributed by atoms with Crippen molar-refractivity contribution in [2.75, 3.05) is 0 Å². The van der Waals surface area contributed by atoms with Gasteiger partial charge in [-0.25, -0.2) is 0 Å². The molecule has 0 spiro atoms. The molecule has 0 aliphatic rings. The average Bonchev–Trinajstić information content (AvgIpc) is 2.56. The molecule has 1 unspecified atom stereocenters.